The zero-order valence-corrected chi connectivity index (χ0v) is 17.7. The van der Waals surface area contributed by atoms with Gasteiger partial charge in [-0.25, -0.2) is 8.42 Å². The highest BCUT2D eigenvalue weighted by atomic mass is 79.9. The van der Waals surface area contributed by atoms with Crippen LogP contribution >= 0.6 is 15.9 Å². The van der Waals surface area contributed by atoms with Crippen molar-refractivity contribution in [1.29, 1.82) is 0 Å². The van der Waals surface area contributed by atoms with Gasteiger partial charge in [0.15, 0.2) is 0 Å². The Morgan fingerprint density at radius 3 is 2.67 bits per heavy atom. The SMILES string of the molecule is CCN1CCOC(c2ccc(NS(=O)(=O)c3cc(Br)ccc3OC)cc2)C1. The number of nitrogens with zero attached hydrogens (tertiary/aromatic N) is 1. The molecule has 0 spiro atoms. The van der Waals surface area contributed by atoms with Crippen molar-refractivity contribution in [2.75, 3.05) is 38.1 Å². The van der Waals surface area contributed by atoms with Crippen LogP contribution in [0.15, 0.2) is 51.8 Å². The second-order valence-electron chi connectivity index (χ2n) is 6.28. The molecule has 1 saturated heterocycles. The summed E-state index contributed by atoms with van der Waals surface area (Å²) in [6.07, 6.45) is 0.00882. The standard InChI is InChI=1S/C19H23BrN2O4S/c1-3-22-10-11-26-18(13-22)14-4-7-16(8-5-14)21-27(23,24)19-12-15(20)6-9-17(19)25-2/h4-9,12,18,21H,3,10-11,13H2,1-2H3. The van der Waals surface area contributed by atoms with Crippen LogP contribution in [-0.4, -0.2) is 46.7 Å². The molecule has 6 nitrogen and oxygen atoms in total. The minimum absolute atomic E-state index is 0.00882. The predicted molar refractivity (Wildman–Crippen MR) is 109 cm³/mol. The molecular weight excluding hydrogens is 432 g/mol. The van der Waals surface area contributed by atoms with Crippen molar-refractivity contribution in [1.82, 2.24) is 4.90 Å². The monoisotopic (exact) mass is 454 g/mol. The molecule has 0 saturated carbocycles. The van der Waals surface area contributed by atoms with Gasteiger partial charge >= 0.3 is 0 Å². The van der Waals surface area contributed by atoms with E-state index in [2.05, 4.69) is 32.5 Å². The number of anilines is 1. The van der Waals surface area contributed by atoms with Gasteiger partial charge in [0.05, 0.1) is 19.8 Å². The van der Waals surface area contributed by atoms with Crippen molar-refractivity contribution in [3.63, 3.8) is 0 Å². The van der Waals surface area contributed by atoms with Gasteiger partial charge in [0, 0.05) is 23.2 Å². The lowest BCUT2D eigenvalue weighted by molar-refractivity contribution is -0.0281. The Morgan fingerprint density at radius 2 is 2.00 bits per heavy atom. The first-order valence-corrected chi connectivity index (χ1v) is 11.0. The minimum Gasteiger partial charge on any atom is -0.495 e. The molecule has 27 heavy (non-hydrogen) atoms. The molecule has 0 radical (unpaired) electrons. The van der Waals surface area contributed by atoms with Gasteiger partial charge in [0.25, 0.3) is 10.0 Å². The van der Waals surface area contributed by atoms with Gasteiger partial charge < -0.3 is 9.47 Å². The lowest BCUT2D eigenvalue weighted by atomic mass is 10.1. The Kier molecular flexibility index (Phi) is 6.41. The van der Waals surface area contributed by atoms with E-state index >= 15 is 0 Å². The van der Waals surface area contributed by atoms with Gasteiger partial charge in [0.1, 0.15) is 10.6 Å². The number of benzene rings is 2. The summed E-state index contributed by atoms with van der Waals surface area (Å²) in [5.74, 6) is 0.289. The number of sulfonamides is 1. The number of methoxy groups -OCH3 is 1. The molecule has 0 amide bonds. The van der Waals surface area contributed by atoms with Crippen molar-refractivity contribution in [3.05, 3.63) is 52.5 Å². The summed E-state index contributed by atoms with van der Waals surface area (Å²) in [7, 11) is -2.33. The Bertz CT molecular complexity index is 887. The van der Waals surface area contributed by atoms with E-state index in [1.54, 1.807) is 24.3 Å². The normalized spacial score (nSPS) is 18.3. The van der Waals surface area contributed by atoms with Crippen molar-refractivity contribution in [2.45, 2.75) is 17.9 Å². The number of likely N-dealkylation sites (N-methyl/N-ethyl adjacent to an activating group) is 1. The maximum absolute atomic E-state index is 12.8. The topological polar surface area (TPSA) is 67.9 Å². The van der Waals surface area contributed by atoms with Crippen LogP contribution in [0.2, 0.25) is 0 Å². The summed E-state index contributed by atoms with van der Waals surface area (Å²) in [4.78, 5) is 2.42. The van der Waals surface area contributed by atoms with Crippen LogP contribution in [0, 0.1) is 0 Å². The number of hydrogen-bond acceptors (Lipinski definition) is 5. The Morgan fingerprint density at radius 1 is 1.26 bits per heavy atom. The van der Waals surface area contributed by atoms with Crippen molar-refractivity contribution >= 4 is 31.6 Å². The van der Waals surface area contributed by atoms with Crippen LogP contribution in [0.3, 0.4) is 0 Å². The van der Waals surface area contributed by atoms with Crippen LogP contribution in [0.25, 0.3) is 0 Å². The van der Waals surface area contributed by atoms with Crippen LogP contribution in [-0.2, 0) is 14.8 Å². The minimum atomic E-state index is -3.77. The molecular formula is C19H23BrN2O4S. The average Bonchev–Trinajstić information content (AvgIpc) is 2.68. The molecule has 1 aliphatic heterocycles. The van der Waals surface area contributed by atoms with E-state index in [0.29, 0.717) is 16.8 Å². The van der Waals surface area contributed by atoms with E-state index < -0.39 is 10.0 Å². The first kappa shape index (κ1) is 20.1. The number of morpholine rings is 1. The Balaban J connectivity index is 1.77. The second-order valence-corrected chi connectivity index (χ2v) is 8.84. The molecule has 0 bridgehead atoms. The van der Waals surface area contributed by atoms with E-state index in [-0.39, 0.29) is 16.7 Å². The molecule has 1 heterocycles. The fourth-order valence-corrected chi connectivity index (χ4v) is 4.80. The van der Waals surface area contributed by atoms with Gasteiger partial charge in [-0.15, -0.1) is 0 Å². The number of hydrogen-bond donors (Lipinski definition) is 1. The van der Waals surface area contributed by atoms with Gasteiger partial charge in [-0.05, 0) is 42.4 Å². The van der Waals surface area contributed by atoms with Crippen molar-refractivity contribution in [3.8, 4) is 5.75 Å². The van der Waals surface area contributed by atoms with Crippen LogP contribution < -0.4 is 9.46 Å². The summed E-state index contributed by atoms with van der Waals surface area (Å²) >= 11 is 3.30. The van der Waals surface area contributed by atoms with Gasteiger partial charge in [-0.3, -0.25) is 9.62 Å². The summed E-state index contributed by atoms with van der Waals surface area (Å²) in [5.41, 5.74) is 1.53. The highest BCUT2D eigenvalue weighted by Gasteiger charge is 2.22. The summed E-state index contributed by atoms with van der Waals surface area (Å²) in [6.45, 7) is 5.62. The van der Waals surface area contributed by atoms with Gasteiger partial charge in [-0.2, -0.15) is 0 Å². The first-order valence-electron chi connectivity index (χ1n) is 8.73. The van der Waals surface area contributed by atoms with Crippen LogP contribution in [0.5, 0.6) is 5.75 Å². The van der Waals surface area contributed by atoms with Crippen LogP contribution in [0.1, 0.15) is 18.6 Å². The quantitative estimate of drug-likeness (QED) is 0.721. The van der Waals surface area contributed by atoms with E-state index in [4.69, 9.17) is 9.47 Å². The molecule has 1 fully saturated rings. The zero-order valence-electron chi connectivity index (χ0n) is 15.3. The molecule has 1 unspecified atom stereocenters. The molecule has 2 aromatic carbocycles. The zero-order chi connectivity index (χ0) is 19.4. The Hall–Kier alpha value is -1.61. The predicted octanol–water partition coefficient (Wildman–Crippen LogP) is 3.65. The molecule has 1 atom stereocenters. The molecule has 0 aliphatic carbocycles. The average molecular weight is 455 g/mol. The highest BCUT2D eigenvalue weighted by molar-refractivity contribution is 9.10. The van der Waals surface area contributed by atoms with E-state index in [9.17, 15) is 8.42 Å². The van der Waals surface area contributed by atoms with Crippen LogP contribution in [0.4, 0.5) is 5.69 Å². The fourth-order valence-electron chi connectivity index (χ4n) is 3.03. The number of halogens is 1. The maximum atomic E-state index is 12.8. The van der Waals surface area contributed by atoms with Gasteiger partial charge in [0.2, 0.25) is 0 Å². The number of ether oxygens (including phenoxy) is 2. The smallest absolute Gasteiger partial charge is 0.265 e. The summed E-state index contributed by atoms with van der Waals surface area (Å²) in [5, 5.41) is 0. The lowest BCUT2D eigenvalue weighted by Crippen LogP contribution is -2.38. The van der Waals surface area contributed by atoms with Crippen molar-refractivity contribution < 1.29 is 17.9 Å². The van der Waals surface area contributed by atoms with E-state index in [1.165, 1.54) is 13.2 Å². The number of nitrogens with one attached hydrogen (secondary N) is 1. The third-order valence-corrected chi connectivity index (χ3v) is 6.44. The molecule has 1 N–H and O–H groups in total. The third-order valence-electron chi connectivity index (χ3n) is 4.55. The molecule has 1 aliphatic rings. The largest absolute Gasteiger partial charge is 0.495 e. The third kappa shape index (κ3) is 4.82. The lowest BCUT2D eigenvalue weighted by Gasteiger charge is -2.32. The Labute approximate surface area is 168 Å². The second kappa shape index (κ2) is 8.60. The van der Waals surface area contributed by atoms with Gasteiger partial charge in [-0.1, -0.05) is 35.0 Å². The van der Waals surface area contributed by atoms with E-state index in [1.807, 2.05) is 12.1 Å². The molecule has 2 aromatic rings. The molecule has 0 aromatic heterocycles. The summed E-state index contributed by atoms with van der Waals surface area (Å²) in [6, 6.07) is 12.2. The maximum Gasteiger partial charge on any atom is 0.265 e. The highest BCUT2D eigenvalue weighted by Crippen LogP contribution is 2.29. The first-order chi connectivity index (χ1) is 12.9. The van der Waals surface area contributed by atoms with Crippen molar-refractivity contribution in [2.24, 2.45) is 0 Å². The molecule has 146 valence electrons. The fraction of sp³-hybridized carbons (Fsp3) is 0.368. The summed E-state index contributed by atoms with van der Waals surface area (Å²) < 4.78 is 39.8. The molecule has 3 rings (SSSR count). The molecule has 8 heteroatoms. The number of rotatable bonds is 6. The van der Waals surface area contributed by atoms with E-state index in [0.717, 1.165) is 25.2 Å².